The smallest absolute Gasteiger partial charge is 0.0335 e. The van der Waals surface area contributed by atoms with Gasteiger partial charge in [-0.25, -0.2) is 0 Å². The standard InChI is InChI=1S/C18H32N2/c1-3-4-5-6-7-10-13-20-14-16-11-8-9-12-18(19-2)17(16)15-20/h14-15,18-19H,3-13H2,1-2H3. The Bertz CT molecular complexity index is 381. The van der Waals surface area contributed by atoms with Gasteiger partial charge in [-0.05, 0) is 43.9 Å². The highest BCUT2D eigenvalue weighted by Crippen LogP contribution is 2.29. The van der Waals surface area contributed by atoms with Crippen LogP contribution in [0.2, 0.25) is 0 Å². The predicted octanol–water partition coefficient (Wildman–Crippen LogP) is 4.84. The summed E-state index contributed by atoms with van der Waals surface area (Å²) in [5.41, 5.74) is 3.16. The second-order valence-corrected chi connectivity index (χ2v) is 6.33. The summed E-state index contributed by atoms with van der Waals surface area (Å²) in [6.07, 6.45) is 18.4. The van der Waals surface area contributed by atoms with Crippen LogP contribution in [-0.4, -0.2) is 11.6 Å². The molecule has 0 aliphatic heterocycles. The molecular weight excluding hydrogens is 244 g/mol. The Kier molecular flexibility index (Phi) is 6.65. The van der Waals surface area contributed by atoms with Crippen LogP contribution in [0.1, 0.15) is 81.9 Å². The number of rotatable bonds is 8. The topological polar surface area (TPSA) is 17.0 Å². The minimum atomic E-state index is 0.582. The molecule has 0 saturated heterocycles. The molecule has 1 unspecified atom stereocenters. The third-order valence-electron chi connectivity index (χ3n) is 4.68. The highest BCUT2D eigenvalue weighted by molar-refractivity contribution is 5.29. The fraction of sp³-hybridized carbons (Fsp3) is 0.778. The zero-order valence-corrected chi connectivity index (χ0v) is 13.5. The first-order chi connectivity index (χ1) is 9.85. The molecule has 0 radical (unpaired) electrons. The zero-order valence-electron chi connectivity index (χ0n) is 13.5. The molecule has 114 valence electrons. The van der Waals surface area contributed by atoms with Gasteiger partial charge in [0.1, 0.15) is 0 Å². The van der Waals surface area contributed by atoms with Crippen molar-refractivity contribution in [2.24, 2.45) is 0 Å². The third kappa shape index (κ3) is 4.37. The predicted molar refractivity (Wildman–Crippen MR) is 87.2 cm³/mol. The van der Waals surface area contributed by atoms with Crippen molar-refractivity contribution in [3.8, 4) is 0 Å². The molecule has 1 N–H and O–H groups in total. The molecule has 0 bridgehead atoms. The molecule has 1 aromatic rings. The van der Waals surface area contributed by atoms with Gasteiger partial charge in [-0.3, -0.25) is 0 Å². The molecular formula is C18H32N2. The summed E-state index contributed by atoms with van der Waals surface area (Å²) in [4.78, 5) is 0. The Morgan fingerprint density at radius 3 is 2.70 bits per heavy atom. The van der Waals surface area contributed by atoms with Crippen LogP contribution in [-0.2, 0) is 13.0 Å². The van der Waals surface area contributed by atoms with Gasteiger partial charge in [-0.15, -0.1) is 0 Å². The number of aryl methyl sites for hydroxylation is 2. The molecule has 1 heterocycles. The van der Waals surface area contributed by atoms with Gasteiger partial charge >= 0.3 is 0 Å². The van der Waals surface area contributed by atoms with E-state index in [4.69, 9.17) is 0 Å². The van der Waals surface area contributed by atoms with Gasteiger partial charge in [0, 0.05) is 25.0 Å². The number of aromatic nitrogens is 1. The molecule has 0 aromatic carbocycles. The summed E-state index contributed by atoms with van der Waals surface area (Å²) in [7, 11) is 2.10. The molecule has 1 atom stereocenters. The Labute approximate surface area is 125 Å². The van der Waals surface area contributed by atoms with Crippen LogP contribution in [0, 0.1) is 0 Å². The summed E-state index contributed by atoms with van der Waals surface area (Å²) in [5.74, 6) is 0. The molecule has 0 saturated carbocycles. The van der Waals surface area contributed by atoms with Gasteiger partial charge in [0.25, 0.3) is 0 Å². The largest absolute Gasteiger partial charge is 0.354 e. The van der Waals surface area contributed by atoms with Crippen LogP contribution in [0.4, 0.5) is 0 Å². The average molecular weight is 276 g/mol. The Morgan fingerprint density at radius 2 is 1.90 bits per heavy atom. The van der Waals surface area contributed by atoms with E-state index in [1.807, 2.05) is 0 Å². The molecule has 20 heavy (non-hydrogen) atoms. The summed E-state index contributed by atoms with van der Waals surface area (Å²) < 4.78 is 2.44. The lowest BCUT2D eigenvalue weighted by Crippen LogP contribution is -2.15. The minimum absolute atomic E-state index is 0.582. The van der Waals surface area contributed by atoms with Crippen LogP contribution in [0.15, 0.2) is 12.4 Å². The summed E-state index contributed by atoms with van der Waals surface area (Å²) >= 11 is 0. The van der Waals surface area contributed by atoms with E-state index in [0.29, 0.717) is 6.04 Å². The number of nitrogens with zero attached hydrogens (tertiary/aromatic N) is 1. The number of unbranched alkanes of at least 4 members (excludes halogenated alkanes) is 5. The van der Waals surface area contributed by atoms with Crippen molar-refractivity contribution in [1.29, 1.82) is 0 Å². The molecule has 1 aliphatic carbocycles. The highest BCUT2D eigenvalue weighted by Gasteiger charge is 2.18. The summed E-state index contributed by atoms with van der Waals surface area (Å²) in [6.45, 7) is 3.49. The molecule has 0 fully saturated rings. The maximum atomic E-state index is 3.49. The minimum Gasteiger partial charge on any atom is -0.354 e. The van der Waals surface area contributed by atoms with Gasteiger partial charge in [-0.2, -0.15) is 0 Å². The first-order valence-corrected chi connectivity index (χ1v) is 8.71. The van der Waals surface area contributed by atoms with Gasteiger partial charge in [0.15, 0.2) is 0 Å². The third-order valence-corrected chi connectivity index (χ3v) is 4.68. The monoisotopic (exact) mass is 276 g/mol. The van der Waals surface area contributed by atoms with Gasteiger partial charge in [0.05, 0.1) is 0 Å². The van der Waals surface area contributed by atoms with Crippen LogP contribution < -0.4 is 5.32 Å². The molecule has 1 aliphatic rings. The zero-order chi connectivity index (χ0) is 14.2. The van der Waals surface area contributed by atoms with Crippen LogP contribution in [0.5, 0.6) is 0 Å². The lowest BCUT2D eigenvalue weighted by molar-refractivity contribution is 0.525. The van der Waals surface area contributed by atoms with E-state index in [1.165, 1.54) is 70.8 Å². The van der Waals surface area contributed by atoms with Crippen LogP contribution >= 0.6 is 0 Å². The van der Waals surface area contributed by atoms with Crippen molar-refractivity contribution < 1.29 is 0 Å². The Morgan fingerprint density at radius 1 is 1.10 bits per heavy atom. The second-order valence-electron chi connectivity index (χ2n) is 6.33. The number of fused-ring (bicyclic) bond motifs is 1. The number of hydrogen-bond donors (Lipinski definition) is 1. The Balaban J connectivity index is 1.81. The molecule has 2 heteroatoms. The van der Waals surface area contributed by atoms with Crippen LogP contribution in [0.3, 0.4) is 0 Å². The number of hydrogen-bond acceptors (Lipinski definition) is 1. The van der Waals surface area contributed by atoms with E-state index in [2.05, 4.69) is 36.2 Å². The van der Waals surface area contributed by atoms with E-state index in [1.54, 1.807) is 11.1 Å². The average Bonchev–Trinajstić information content (AvgIpc) is 2.76. The van der Waals surface area contributed by atoms with Crippen LogP contribution in [0.25, 0.3) is 0 Å². The molecule has 1 aromatic heterocycles. The normalized spacial score (nSPS) is 18.8. The first kappa shape index (κ1) is 15.6. The SMILES string of the molecule is CCCCCCCCn1cc2c(c1)C(NC)CCCC2. The van der Waals surface area contributed by atoms with Crippen molar-refractivity contribution >= 4 is 0 Å². The molecule has 2 nitrogen and oxygen atoms in total. The summed E-state index contributed by atoms with van der Waals surface area (Å²) in [6, 6.07) is 0.582. The van der Waals surface area contributed by atoms with E-state index in [-0.39, 0.29) is 0 Å². The Hall–Kier alpha value is -0.760. The molecule has 2 rings (SSSR count). The van der Waals surface area contributed by atoms with Gasteiger partial charge in [0.2, 0.25) is 0 Å². The molecule has 0 spiro atoms. The fourth-order valence-electron chi connectivity index (χ4n) is 3.42. The molecule has 0 amide bonds. The van der Waals surface area contributed by atoms with E-state index >= 15 is 0 Å². The maximum absolute atomic E-state index is 3.49. The lowest BCUT2D eigenvalue weighted by Gasteiger charge is -2.13. The summed E-state index contributed by atoms with van der Waals surface area (Å²) in [5, 5.41) is 3.49. The van der Waals surface area contributed by atoms with E-state index < -0.39 is 0 Å². The van der Waals surface area contributed by atoms with E-state index in [0.717, 1.165) is 0 Å². The lowest BCUT2D eigenvalue weighted by atomic mass is 10.1. The highest BCUT2D eigenvalue weighted by atomic mass is 15.0. The van der Waals surface area contributed by atoms with Crippen molar-refractivity contribution in [3.05, 3.63) is 23.5 Å². The fourth-order valence-corrected chi connectivity index (χ4v) is 3.42. The van der Waals surface area contributed by atoms with Gasteiger partial charge in [-0.1, -0.05) is 45.4 Å². The van der Waals surface area contributed by atoms with E-state index in [9.17, 15) is 0 Å². The first-order valence-electron chi connectivity index (χ1n) is 8.71. The van der Waals surface area contributed by atoms with Gasteiger partial charge < -0.3 is 9.88 Å². The number of nitrogens with one attached hydrogen (secondary N) is 1. The van der Waals surface area contributed by atoms with Crippen molar-refractivity contribution in [2.45, 2.75) is 83.7 Å². The van der Waals surface area contributed by atoms with Crippen molar-refractivity contribution in [2.75, 3.05) is 7.05 Å². The quantitative estimate of drug-likeness (QED) is 0.531. The van der Waals surface area contributed by atoms with Crippen molar-refractivity contribution in [1.82, 2.24) is 9.88 Å². The van der Waals surface area contributed by atoms with Crippen molar-refractivity contribution in [3.63, 3.8) is 0 Å². The maximum Gasteiger partial charge on any atom is 0.0335 e. The second kappa shape index (κ2) is 8.51.